The molecular formula is C28H32ClFN4O. The lowest BCUT2D eigenvalue weighted by Crippen LogP contribution is -2.44. The summed E-state index contributed by atoms with van der Waals surface area (Å²) in [5.74, 6) is 0.507. The molecule has 1 amide bonds. The Hall–Kier alpha value is -2.70. The fraction of sp³-hybridized carbons (Fsp3) is 0.429. The van der Waals surface area contributed by atoms with Gasteiger partial charge in [-0.3, -0.25) is 4.79 Å². The minimum Gasteiger partial charge on any atom is -0.356 e. The second kappa shape index (κ2) is 10.5. The molecule has 2 saturated heterocycles. The molecule has 0 spiro atoms. The number of carbonyl (C=O) groups is 1. The zero-order valence-corrected chi connectivity index (χ0v) is 21.0. The third-order valence-electron chi connectivity index (χ3n) is 7.37. The molecule has 2 aliphatic heterocycles. The van der Waals surface area contributed by atoms with Crippen LogP contribution in [0.1, 0.15) is 43.2 Å². The maximum absolute atomic E-state index is 14.0. The first kappa shape index (κ1) is 24.0. The molecule has 5 nitrogen and oxygen atoms in total. The molecule has 0 atom stereocenters. The highest BCUT2D eigenvalue weighted by Crippen LogP contribution is 2.29. The van der Waals surface area contributed by atoms with Crippen molar-refractivity contribution in [3.63, 3.8) is 0 Å². The molecule has 0 radical (unpaired) electrons. The molecule has 35 heavy (non-hydrogen) atoms. The number of anilines is 2. The Morgan fingerprint density at radius 3 is 2.60 bits per heavy atom. The maximum Gasteiger partial charge on any atom is 0.224 e. The van der Waals surface area contributed by atoms with Gasteiger partial charge < -0.3 is 15.1 Å². The van der Waals surface area contributed by atoms with Gasteiger partial charge in [0.05, 0.1) is 5.52 Å². The van der Waals surface area contributed by atoms with Crippen LogP contribution < -0.4 is 10.2 Å². The summed E-state index contributed by atoms with van der Waals surface area (Å²) in [6.45, 7) is 6.70. The SMILES string of the molecule is Cc1cc(N2CCC(N3CCCC3)CC2)nc2ccc(NC(=O)CCc3ccc(Cl)cc3F)cc12. The molecule has 3 aromatic rings. The van der Waals surface area contributed by atoms with Crippen LogP contribution in [0.3, 0.4) is 0 Å². The summed E-state index contributed by atoms with van der Waals surface area (Å²) in [7, 11) is 0. The number of hydrogen-bond donors (Lipinski definition) is 1. The molecule has 7 heteroatoms. The summed E-state index contributed by atoms with van der Waals surface area (Å²) in [5.41, 5.74) is 3.29. The number of amides is 1. The third kappa shape index (κ3) is 5.60. The van der Waals surface area contributed by atoms with Gasteiger partial charge in [0.2, 0.25) is 5.91 Å². The number of benzene rings is 2. The van der Waals surface area contributed by atoms with E-state index in [1.54, 1.807) is 12.1 Å². The van der Waals surface area contributed by atoms with Crippen molar-refractivity contribution in [2.75, 3.05) is 36.4 Å². The van der Waals surface area contributed by atoms with Gasteiger partial charge in [0.25, 0.3) is 0 Å². The van der Waals surface area contributed by atoms with E-state index in [4.69, 9.17) is 16.6 Å². The number of hydrogen-bond acceptors (Lipinski definition) is 4. The predicted octanol–water partition coefficient (Wildman–Crippen LogP) is 5.97. The minimum absolute atomic E-state index is 0.151. The van der Waals surface area contributed by atoms with E-state index in [1.807, 2.05) is 18.2 Å². The lowest BCUT2D eigenvalue weighted by Gasteiger charge is -2.37. The standard InChI is InChI=1S/C28H32ClFN4O/c1-19-16-27(34-14-10-23(11-15-34)33-12-2-3-13-33)32-26-8-7-22(18-24(19)26)31-28(35)9-5-20-4-6-21(29)17-25(20)30/h4,6-8,16-18,23H,2-3,5,9-15H2,1H3,(H,31,35). The van der Waals surface area contributed by atoms with Crippen molar-refractivity contribution < 1.29 is 9.18 Å². The number of aromatic nitrogens is 1. The zero-order valence-electron chi connectivity index (χ0n) is 20.2. The monoisotopic (exact) mass is 494 g/mol. The van der Waals surface area contributed by atoms with Crippen molar-refractivity contribution in [3.05, 3.63) is 64.4 Å². The number of fused-ring (bicyclic) bond motifs is 1. The molecule has 2 aliphatic rings. The lowest BCUT2D eigenvalue weighted by atomic mass is 10.0. The van der Waals surface area contributed by atoms with E-state index < -0.39 is 0 Å². The van der Waals surface area contributed by atoms with Gasteiger partial charge in [0.15, 0.2) is 0 Å². The minimum atomic E-state index is -0.381. The van der Waals surface area contributed by atoms with Crippen LogP contribution in [0.4, 0.5) is 15.9 Å². The van der Waals surface area contributed by atoms with Crippen LogP contribution in [0.25, 0.3) is 10.9 Å². The van der Waals surface area contributed by atoms with Crippen LogP contribution in [0.15, 0.2) is 42.5 Å². The van der Waals surface area contributed by atoms with Crippen molar-refractivity contribution in [1.29, 1.82) is 0 Å². The molecule has 1 N–H and O–H groups in total. The average Bonchev–Trinajstić information content (AvgIpc) is 3.39. The normalized spacial score (nSPS) is 17.3. The summed E-state index contributed by atoms with van der Waals surface area (Å²) >= 11 is 5.80. The van der Waals surface area contributed by atoms with E-state index in [9.17, 15) is 9.18 Å². The Labute approximate surface area is 211 Å². The zero-order chi connectivity index (χ0) is 24.4. The van der Waals surface area contributed by atoms with E-state index >= 15 is 0 Å². The van der Waals surface area contributed by atoms with Gasteiger partial charge in [0.1, 0.15) is 11.6 Å². The fourth-order valence-electron chi connectivity index (χ4n) is 5.38. The number of nitrogens with zero attached hydrogens (tertiary/aromatic N) is 3. The highest BCUT2D eigenvalue weighted by atomic mass is 35.5. The number of likely N-dealkylation sites (tertiary alicyclic amines) is 1. The summed E-state index contributed by atoms with van der Waals surface area (Å²) in [6, 6.07) is 13.3. The number of rotatable bonds is 6. The fourth-order valence-corrected chi connectivity index (χ4v) is 5.54. The van der Waals surface area contributed by atoms with Crippen LogP contribution in [0.2, 0.25) is 5.02 Å². The number of nitrogens with one attached hydrogen (secondary N) is 1. The Morgan fingerprint density at radius 2 is 1.86 bits per heavy atom. The van der Waals surface area contributed by atoms with E-state index in [2.05, 4.69) is 28.1 Å². The van der Waals surface area contributed by atoms with Crippen molar-refractivity contribution in [1.82, 2.24) is 9.88 Å². The summed E-state index contributed by atoms with van der Waals surface area (Å²) in [4.78, 5) is 22.5. The second-order valence-corrected chi connectivity index (χ2v) is 10.2. The van der Waals surface area contributed by atoms with Gasteiger partial charge >= 0.3 is 0 Å². The number of carbonyl (C=O) groups excluding carboxylic acids is 1. The Bertz CT molecular complexity index is 1220. The molecule has 0 saturated carbocycles. The van der Waals surface area contributed by atoms with Gasteiger partial charge in [-0.1, -0.05) is 17.7 Å². The first-order chi connectivity index (χ1) is 17.0. The van der Waals surface area contributed by atoms with E-state index in [0.717, 1.165) is 47.1 Å². The van der Waals surface area contributed by atoms with Gasteiger partial charge in [0, 0.05) is 41.6 Å². The largest absolute Gasteiger partial charge is 0.356 e. The van der Waals surface area contributed by atoms with Crippen LogP contribution in [-0.4, -0.2) is 48.0 Å². The first-order valence-electron chi connectivity index (χ1n) is 12.6. The molecule has 184 valence electrons. The molecule has 2 fully saturated rings. The van der Waals surface area contributed by atoms with Crippen LogP contribution in [-0.2, 0) is 11.2 Å². The summed E-state index contributed by atoms with van der Waals surface area (Å²) < 4.78 is 14.0. The quantitative estimate of drug-likeness (QED) is 0.458. The van der Waals surface area contributed by atoms with Crippen LogP contribution >= 0.6 is 11.6 Å². The maximum atomic E-state index is 14.0. The number of aryl methyl sites for hydroxylation is 2. The highest BCUT2D eigenvalue weighted by Gasteiger charge is 2.27. The lowest BCUT2D eigenvalue weighted by molar-refractivity contribution is -0.116. The summed E-state index contributed by atoms with van der Waals surface area (Å²) in [5, 5.41) is 4.32. The van der Waals surface area contributed by atoms with Gasteiger partial charge in [-0.15, -0.1) is 0 Å². The molecule has 0 unspecified atom stereocenters. The van der Waals surface area contributed by atoms with Gasteiger partial charge in [-0.2, -0.15) is 0 Å². The van der Waals surface area contributed by atoms with Crippen molar-refractivity contribution in [2.45, 2.75) is 51.5 Å². The van der Waals surface area contributed by atoms with Crippen LogP contribution in [0.5, 0.6) is 0 Å². The number of piperidine rings is 1. The predicted molar refractivity (Wildman–Crippen MR) is 141 cm³/mol. The smallest absolute Gasteiger partial charge is 0.224 e. The summed E-state index contributed by atoms with van der Waals surface area (Å²) in [6.07, 6.45) is 5.60. The van der Waals surface area contributed by atoms with E-state index in [-0.39, 0.29) is 18.1 Å². The Morgan fingerprint density at radius 1 is 1.09 bits per heavy atom. The molecule has 2 aromatic carbocycles. The van der Waals surface area contributed by atoms with Crippen LogP contribution in [0, 0.1) is 12.7 Å². The molecular weight excluding hydrogens is 463 g/mol. The van der Waals surface area contributed by atoms with E-state index in [1.165, 1.54) is 44.8 Å². The van der Waals surface area contributed by atoms with Gasteiger partial charge in [-0.05, 0) is 99.6 Å². The number of halogens is 2. The molecule has 3 heterocycles. The average molecular weight is 495 g/mol. The molecule has 1 aromatic heterocycles. The Kier molecular flexibility index (Phi) is 7.21. The van der Waals surface area contributed by atoms with E-state index in [0.29, 0.717) is 17.0 Å². The van der Waals surface area contributed by atoms with Gasteiger partial charge in [-0.25, -0.2) is 9.37 Å². The third-order valence-corrected chi connectivity index (χ3v) is 7.60. The first-order valence-corrected chi connectivity index (χ1v) is 13.0. The topological polar surface area (TPSA) is 48.5 Å². The second-order valence-electron chi connectivity index (χ2n) is 9.77. The van der Waals surface area contributed by atoms with Crippen molar-refractivity contribution >= 4 is 39.9 Å². The molecule has 0 aliphatic carbocycles. The molecule has 5 rings (SSSR count). The highest BCUT2D eigenvalue weighted by molar-refractivity contribution is 6.30. The Balaban J connectivity index is 1.22. The van der Waals surface area contributed by atoms with Crippen molar-refractivity contribution in [2.24, 2.45) is 0 Å². The van der Waals surface area contributed by atoms with Crippen molar-refractivity contribution in [3.8, 4) is 0 Å². The number of pyridine rings is 1. The molecule has 0 bridgehead atoms.